The molecule has 1 aliphatic heterocycles. The molecule has 0 bridgehead atoms. The summed E-state index contributed by atoms with van der Waals surface area (Å²) in [4.78, 5) is 13.3. The predicted octanol–water partition coefficient (Wildman–Crippen LogP) is 2.93. The summed E-state index contributed by atoms with van der Waals surface area (Å²) >= 11 is 0. The molecule has 6 heteroatoms. The number of fused-ring (bicyclic) bond motifs is 1. The minimum absolute atomic E-state index is 0.729. The Morgan fingerprint density at radius 3 is 2.46 bits per heavy atom. The van der Waals surface area contributed by atoms with E-state index in [9.17, 15) is 0 Å². The molecule has 3 aromatic rings. The normalized spacial score (nSPS) is 15.9. The standard InChI is InChI=1S/C20H25N6/c1-3-24(4-2)18-9-11-25(12-10-18)17-5-7-19(8-6-17)26-20-16(14-23-26)13-21-15-22-20/h5-8,14-15,18H,3-4,9-12H2,1-2H3. The van der Waals surface area contributed by atoms with Gasteiger partial charge in [-0.2, -0.15) is 5.10 Å². The number of aromatic nitrogens is 4. The molecule has 0 N–H and O–H groups in total. The largest absolute Gasteiger partial charge is 0.371 e. The summed E-state index contributed by atoms with van der Waals surface area (Å²) in [6.07, 6.45) is 8.65. The van der Waals surface area contributed by atoms with Crippen LogP contribution in [0.15, 0.2) is 36.8 Å². The van der Waals surface area contributed by atoms with Crippen LogP contribution in [0.5, 0.6) is 0 Å². The van der Waals surface area contributed by atoms with E-state index < -0.39 is 0 Å². The minimum Gasteiger partial charge on any atom is -0.371 e. The molecule has 2 aromatic heterocycles. The van der Waals surface area contributed by atoms with Crippen molar-refractivity contribution in [1.82, 2.24) is 24.6 Å². The molecule has 0 amide bonds. The first-order valence-electron chi connectivity index (χ1n) is 9.46. The average Bonchev–Trinajstić information content (AvgIpc) is 3.14. The fraction of sp³-hybridized carbons (Fsp3) is 0.450. The summed E-state index contributed by atoms with van der Waals surface area (Å²) in [5, 5.41) is 5.25. The van der Waals surface area contributed by atoms with Gasteiger partial charge in [-0.25, -0.2) is 14.6 Å². The van der Waals surface area contributed by atoms with Gasteiger partial charge in [-0.1, -0.05) is 13.8 Å². The second-order valence-electron chi connectivity index (χ2n) is 6.73. The SMILES string of the molecule is CCN(CC)C1CCN(c2ccc(-n3ncc4[c]ncnc43)cc2)CC1. The molecule has 26 heavy (non-hydrogen) atoms. The highest BCUT2D eigenvalue weighted by Crippen LogP contribution is 2.24. The Balaban J connectivity index is 1.47. The number of anilines is 1. The van der Waals surface area contributed by atoms with Crippen molar-refractivity contribution < 1.29 is 0 Å². The van der Waals surface area contributed by atoms with Crippen molar-refractivity contribution in [3.05, 3.63) is 43.0 Å². The van der Waals surface area contributed by atoms with E-state index in [1.165, 1.54) is 24.9 Å². The van der Waals surface area contributed by atoms with Gasteiger partial charge in [0.1, 0.15) is 12.5 Å². The van der Waals surface area contributed by atoms with Crippen LogP contribution < -0.4 is 4.90 Å². The topological polar surface area (TPSA) is 50.1 Å². The van der Waals surface area contributed by atoms with Gasteiger partial charge in [0.25, 0.3) is 0 Å². The molecule has 0 saturated carbocycles. The number of rotatable bonds is 5. The van der Waals surface area contributed by atoms with E-state index in [4.69, 9.17) is 0 Å². The lowest BCUT2D eigenvalue weighted by Crippen LogP contribution is -2.44. The Kier molecular flexibility index (Phi) is 4.84. The van der Waals surface area contributed by atoms with Gasteiger partial charge in [0.15, 0.2) is 5.65 Å². The summed E-state index contributed by atoms with van der Waals surface area (Å²) < 4.78 is 1.84. The number of nitrogens with zero attached hydrogens (tertiary/aromatic N) is 6. The molecule has 1 fully saturated rings. The second kappa shape index (κ2) is 7.41. The summed E-state index contributed by atoms with van der Waals surface area (Å²) in [7, 11) is 0. The van der Waals surface area contributed by atoms with E-state index in [0.29, 0.717) is 0 Å². The van der Waals surface area contributed by atoms with Crippen molar-refractivity contribution in [2.75, 3.05) is 31.1 Å². The van der Waals surface area contributed by atoms with Crippen molar-refractivity contribution in [1.29, 1.82) is 0 Å². The van der Waals surface area contributed by atoms with E-state index in [2.05, 4.69) is 69.2 Å². The molecule has 3 heterocycles. The van der Waals surface area contributed by atoms with Crippen molar-refractivity contribution >= 4 is 16.7 Å². The molecule has 1 aliphatic rings. The zero-order valence-corrected chi connectivity index (χ0v) is 15.5. The monoisotopic (exact) mass is 349 g/mol. The first kappa shape index (κ1) is 17.0. The lowest BCUT2D eigenvalue weighted by Gasteiger charge is -2.38. The van der Waals surface area contributed by atoms with Gasteiger partial charge in [0.05, 0.1) is 17.3 Å². The number of hydrogen-bond acceptors (Lipinski definition) is 5. The van der Waals surface area contributed by atoms with Crippen LogP contribution in [0.3, 0.4) is 0 Å². The summed E-state index contributed by atoms with van der Waals surface area (Å²) in [6.45, 7) is 9.05. The first-order valence-corrected chi connectivity index (χ1v) is 9.46. The molecule has 0 aliphatic carbocycles. The Labute approximate surface area is 154 Å². The van der Waals surface area contributed by atoms with Crippen molar-refractivity contribution in [2.24, 2.45) is 0 Å². The molecular formula is C20H25N6. The molecule has 1 radical (unpaired) electrons. The fourth-order valence-electron chi connectivity index (χ4n) is 3.95. The third-order valence-corrected chi connectivity index (χ3v) is 5.42. The van der Waals surface area contributed by atoms with Crippen LogP contribution >= 0.6 is 0 Å². The Morgan fingerprint density at radius 1 is 1.08 bits per heavy atom. The van der Waals surface area contributed by atoms with Gasteiger partial charge in [0, 0.05) is 24.8 Å². The van der Waals surface area contributed by atoms with Gasteiger partial charge < -0.3 is 9.80 Å². The van der Waals surface area contributed by atoms with Crippen LogP contribution in [0, 0.1) is 6.20 Å². The minimum atomic E-state index is 0.729. The Hall–Kier alpha value is -2.47. The first-order chi connectivity index (χ1) is 12.8. The highest BCUT2D eigenvalue weighted by atomic mass is 15.3. The van der Waals surface area contributed by atoms with Crippen LogP contribution in [0.1, 0.15) is 26.7 Å². The van der Waals surface area contributed by atoms with Crippen LogP contribution in [-0.2, 0) is 0 Å². The van der Waals surface area contributed by atoms with E-state index >= 15 is 0 Å². The van der Waals surface area contributed by atoms with Gasteiger partial charge in [-0.3, -0.25) is 0 Å². The maximum atomic E-state index is 4.42. The van der Waals surface area contributed by atoms with Crippen LogP contribution in [-0.4, -0.2) is 56.9 Å². The summed E-state index contributed by atoms with van der Waals surface area (Å²) in [5.41, 5.74) is 3.08. The van der Waals surface area contributed by atoms with Crippen LogP contribution in [0.2, 0.25) is 0 Å². The lowest BCUT2D eigenvalue weighted by atomic mass is 10.0. The smallest absolute Gasteiger partial charge is 0.166 e. The molecule has 1 saturated heterocycles. The Bertz CT molecular complexity index is 844. The number of benzene rings is 1. The molecule has 1 aromatic carbocycles. The highest BCUT2D eigenvalue weighted by molar-refractivity contribution is 5.74. The van der Waals surface area contributed by atoms with Crippen molar-refractivity contribution in [3.63, 3.8) is 0 Å². The third-order valence-electron chi connectivity index (χ3n) is 5.42. The number of hydrogen-bond donors (Lipinski definition) is 0. The predicted molar refractivity (Wildman–Crippen MR) is 104 cm³/mol. The van der Waals surface area contributed by atoms with E-state index in [0.717, 1.165) is 48.9 Å². The van der Waals surface area contributed by atoms with Gasteiger partial charge in [-0.05, 0) is 50.2 Å². The average molecular weight is 349 g/mol. The van der Waals surface area contributed by atoms with Crippen LogP contribution in [0.25, 0.3) is 16.7 Å². The molecule has 135 valence electrons. The Morgan fingerprint density at radius 2 is 1.77 bits per heavy atom. The third kappa shape index (κ3) is 3.17. The fourth-order valence-corrected chi connectivity index (χ4v) is 3.95. The van der Waals surface area contributed by atoms with E-state index in [1.54, 1.807) is 6.20 Å². The molecule has 0 unspecified atom stereocenters. The van der Waals surface area contributed by atoms with Gasteiger partial charge >= 0.3 is 0 Å². The quantitative estimate of drug-likeness (QED) is 0.709. The van der Waals surface area contributed by atoms with Crippen LogP contribution in [0.4, 0.5) is 5.69 Å². The zero-order valence-electron chi connectivity index (χ0n) is 15.5. The highest BCUT2D eigenvalue weighted by Gasteiger charge is 2.23. The maximum absolute atomic E-state index is 4.42. The van der Waals surface area contributed by atoms with Gasteiger partial charge in [0.2, 0.25) is 0 Å². The maximum Gasteiger partial charge on any atom is 0.166 e. The number of piperidine rings is 1. The van der Waals surface area contributed by atoms with E-state index in [-0.39, 0.29) is 0 Å². The second-order valence-corrected chi connectivity index (χ2v) is 6.73. The molecule has 0 atom stereocenters. The molecular weight excluding hydrogens is 324 g/mol. The molecule has 6 nitrogen and oxygen atoms in total. The van der Waals surface area contributed by atoms with E-state index in [1.807, 2.05) is 4.68 Å². The summed E-state index contributed by atoms with van der Waals surface area (Å²) in [5.74, 6) is 0. The van der Waals surface area contributed by atoms with Crippen molar-refractivity contribution in [2.45, 2.75) is 32.7 Å². The molecule has 4 rings (SSSR count). The lowest BCUT2D eigenvalue weighted by molar-refractivity contribution is 0.186. The summed E-state index contributed by atoms with van der Waals surface area (Å²) in [6, 6.07) is 9.32. The molecule has 0 spiro atoms. The van der Waals surface area contributed by atoms with Crippen molar-refractivity contribution in [3.8, 4) is 5.69 Å². The zero-order chi connectivity index (χ0) is 17.9. The van der Waals surface area contributed by atoms with Gasteiger partial charge in [-0.15, -0.1) is 0 Å².